The second-order valence-electron chi connectivity index (χ2n) is 7.70. The lowest BCUT2D eigenvalue weighted by Gasteiger charge is -2.25. The first-order chi connectivity index (χ1) is 13.6. The average molecular weight is 384 g/mol. The third-order valence-electron chi connectivity index (χ3n) is 5.40. The van der Waals surface area contributed by atoms with Crippen molar-refractivity contribution in [2.45, 2.75) is 25.8 Å². The molecule has 0 aliphatic carbocycles. The topological polar surface area (TPSA) is 51.2 Å². The van der Waals surface area contributed by atoms with Gasteiger partial charge >= 0.3 is 0 Å². The lowest BCUT2D eigenvalue weighted by Crippen LogP contribution is -2.43. The summed E-state index contributed by atoms with van der Waals surface area (Å²) >= 11 is 0. The minimum atomic E-state index is 0.0400. The first kappa shape index (κ1) is 20.4. The van der Waals surface area contributed by atoms with Gasteiger partial charge in [0.25, 0.3) is 5.91 Å². The molecule has 0 saturated carbocycles. The van der Waals surface area contributed by atoms with Crippen LogP contribution in [-0.2, 0) is 6.42 Å². The van der Waals surface area contributed by atoms with Crippen LogP contribution in [0.3, 0.4) is 0 Å². The summed E-state index contributed by atoms with van der Waals surface area (Å²) in [6, 6.07) is 8.50. The van der Waals surface area contributed by atoms with Crippen molar-refractivity contribution in [1.82, 2.24) is 20.0 Å². The van der Waals surface area contributed by atoms with Gasteiger partial charge in [0.2, 0.25) is 0 Å². The summed E-state index contributed by atoms with van der Waals surface area (Å²) in [6.45, 7) is 7.96. The zero-order valence-corrected chi connectivity index (χ0v) is 17.4. The van der Waals surface area contributed by atoms with E-state index in [1.54, 1.807) is 19.0 Å². The molecule has 1 unspecified atom stereocenters. The second-order valence-corrected chi connectivity index (χ2v) is 7.70. The molecule has 2 aliphatic heterocycles. The Morgan fingerprint density at radius 2 is 2.07 bits per heavy atom. The number of nitrogens with zero attached hydrogens (tertiary/aromatic N) is 4. The van der Waals surface area contributed by atoms with E-state index in [0.717, 1.165) is 56.2 Å². The molecular weight excluding hydrogens is 350 g/mol. The average Bonchev–Trinajstić information content (AvgIpc) is 3.38. The number of rotatable bonds is 6. The van der Waals surface area contributed by atoms with Crippen molar-refractivity contribution >= 4 is 11.9 Å². The van der Waals surface area contributed by atoms with E-state index in [1.807, 2.05) is 18.2 Å². The van der Waals surface area contributed by atoms with Gasteiger partial charge in [-0.2, -0.15) is 0 Å². The van der Waals surface area contributed by atoms with E-state index < -0.39 is 0 Å². The number of guanidine groups is 1. The highest BCUT2D eigenvalue weighted by Gasteiger charge is 2.29. The lowest BCUT2D eigenvalue weighted by atomic mass is 10.1. The highest BCUT2D eigenvalue weighted by atomic mass is 16.2. The van der Waals surface area contributed by atoms with E-state index in [4.69, 9.17) is 4.99 Å². The van der Waals surface area contributed by atoms with Gasteiger partial charge < -0.3 is 15.1 Å². The molecule has 0 radical (unpaired) electrons. The van der Waals surface area contributed by atoms with Crippen LogP contribution in [0.1, 0.15) is 29.3 Å². The van der Waals surface area contributed by atoms with Crippen LogP contribution in [0.25, 0.3) is 0 Å². The van der Waals surface area contributed by atoms with E-state index in [0.29, 0.717) is 12.6 Å². The zero-order chi connectivity index (χ0) is 19.9. The van der Waals surface area contributed by atoms with Crippen LogP contribution in [0.5, 0.6) is 0 Å². The van der Waals surface area contributed by atoms with Crippen LogP contribution in [-0.4, -0.2) is 86.0 Å². The lowest BCUT2D eigenvalue weighted by molar-refractivity contribution is 0.0827. The van der Waals surface area contributed by atoms with Gasteiger partial charge in [-0.25, -0.2) is 0 Å². The Morgan fingerprint density at radius 3 is 2.79 bits per heavy atom. The van der Waals surface area contributed by atoms with E-state index in [1.165, 1.54) is 6.42 Å². The van der Waals surface area contributed by atoms with Crippen molar-refractivity contribution in [2.24, 2.45) is 4.99 Å². The number of aliphatic imine (C=N–C) groups is 1. The van der Waals surface area contributed by atoms with Crippen molar-refractivity contribution in [2.75, 3.05) is 53.4 Å². The summed E-state index contributed by atoms with van der Waals surface area (Å²) in [7, 11) is 3.56. The predicted octanol–water partition coefficient (Wildman–Crippen LogP) is 1.84. The monoisotopic (exact) mass is 383 g/mol. The van der Waals surface area contributed by atoms with Crippen molar-refractivity contribution in [3.05, 3.63) is 47.5 Å². The molecule has 6 nitrogen and oxygen atoms in total. The van der Waals surface area contributed by atoms with Crippen LogP contribution in [0.4, 0.5) is 0 Å². The first-order valence-corrected chi connectivity index (χ1v) is 10.3. The molecule has 0 bridgehead atoms. The molecule has 3 rings (SSSR count). The van der Waals surface area contributed by atoms with E-state index >= 15 is 0 Å². The fourth-order valence-corrected chi connectivity index (χ4v) is 3.86. The summed E-state index contributed by atoms with van der Waals surface area (Å²) in [4.78, 5) is 23.6. The number of hydrogen-bond donors (Lipinski definition) is 1. The normalized spacial score (nSPS) is 20.0. The van der Waals surface area contributed by atoms with Crippen molar-refractivity contribution in [3.8, 4) is 0 Å². The van der Waals surface area contributed by atoms with Crippen LogP contribution in [0.2, 0.25) is 0 Å². The molecule has 2 aliphatic rings. The van der Waals surface area contributed by atoms with Crippen molar-refractivity contribution in [3.63, 3.8) is 0 Å². The largest absolute Gasteiger partial charge is 0.357 e. The molecule has 1 atom stereocenters. The van der Waals surface area contributed by atoms with Crippen LogP contribution in [0.15, 0.2) is 41.4 Å². The van der Waals surface area contributed by atoms with Gasteiger partial charge in [0, 0.05) is 65.0 Å². The van der Waals surface area contributed by atoms with Crippen LogP contribution < -0.4 is 5.32 Å². The molecule has 2 heterocycles. The number of carbonyl (C=O) groups excluding carboxylic acids is 1. The Morgan fingerprint density at radius 1 is 1.29 bits per heavy atom. The fraction of sp³-hybridized carbons (Fsp3) is 0.545. The molecule has 1 saturated heterocycles. The molecule has 0 spiro atoms. The zero-order valence-electron chi connectivity index (χ0n) is 17.4. The number of nitrogens with one attached hydrogen (secondary N) is 1. The molecule has 28 heavy (non-hydrogen) atoms. The van der Waals surface area contributed by atoms with Gasteiger partial charge in [-0.1, -0.05) is 24.3 Å². The van der Waals surface area contributed by atoms with Gasteiger partial charge in [0.15, 0.2) is 5.96 Å². The summed E-state index contributed by atoms with van der Waals surface area (Å²) in [5.74, 6) is 1.05. The van der Waals surface area contributed by atoms with Crippen LogP contribution in [0, 0.1) is 0 Å². The predicted molar refractivity (Wildman–Crippen MR) is 115 cm³/mol. The van der Waals surface area contributed by atoms with Crippen molar-refractivity contribution < 1.29 is 4.79 Å². The molecule has 1 amide bonds. The Bertz CT molecular complexity index is 719. The van der Waals surface area contributed by atoms with Crippen LogP contribution >= 0.6 is 0 Å². The van der Waals surface area contributed by atoms with Gasteiger partial charge in [-0.05, 0) is 37.5 Å². The molecular formula is C22H33N5O. The third-order valence-corrected chi connectivity index (χ3v) is 5.40. The molecule has 1 aromatic carbocycles. The molecule has 0 aromatic heterocycles. The first-order valence-electron chi connectivity index (χ1n) is 10.3. The maximum atomic E-state index is 12.2. The van der Waals surface area contributed by atoms with Gasteiger partial charge in [-0.3, -0.25) is 14.7 Å². The SMILES string of the molecule is CCNC(=NCCc1cccc(C(=O)N(C)C)c1)N1CCC(N2CC=CC2)C1. The molecule has 1 N–H and O–H groups in total. The van der Waals surface area contributed by atoms with E-state index in [2.05, 4.69) is 40.3 Å². The Labute approximate surface area is 168 Å². The van der Waals surface area contributed by atoms with E-state index in [-0.39, 0.29) is 5.91 Å². The highest BCUT2D eigenvalue weighted by molar-refractivity contribution is 5.94. The molecule has 152 valence electrons. The summed E-state index contributed by atoms with van der Waals surface area (Å²) in [5, 5.41) is 3.45. The van der Waals surface area contributed by atoms with Gasteiger partial charge in [0.05, 0.1) is 0 Å². The molecule has 1 aromatic rings. The second kappa shape index (κ2) is 9.73. The van der Waals surface area contributed by atoms with Gasteiger partial charge in [-0.15, -0.1) is 0 Å². The summed E-state index contributed by atoms with van der Waals surface area (Å²) in [6.07, 6.45) is 6.55. The number of hydrogen-bond acceptors (Lipinski definition) is 3. The number of carbonyl (C=O) groups is 1. The Balaban J connectivity index is 1.58. The molecule has 1 fully saturated rings. The number of benzene rings is 1. The Hall–Kier alpha value is -2.34. The minimum absolute atomic E-state index is 0.0400. The van der Waals surface area contributed by atoms with Crippen molar-refractivity contribution in [1.29, 1.82) is 0 Å². The molecule has 6 heteroatoms. The smallest absolute Gasteiger partial charge is 0.253 e. The third kappa shape index (κ3) is 5.13. The number of amides is 1. The maximum absolute atomic E-state index is 12.2. The Kier molecular flexibility index (Phi) is 7.09. The maximum Gasteiger partial charge on any atom is 0.253 e. The summed E-state index contributed by atoms with van der Waals surface area (Å²) < 4.78 is 0. The fourth-order valence-electron chi connectivity index (χ4n) is 3.86. The highest BCUT2D eigenvalue weighted by Crippen LogP contribution is 2.18. The van der Waals surface area contributed by atoms with E-state index in [9.17, 15) is 4.79 Å². The number of likely N-dealkylation sites (tertiary alicyclic amines) is 1. The quantitative estimate of drug-likeness (QED) is 0.463. The minimum Gasteiger partial charge on any atom is -0.357 e. The summed E-state index contributed by atoms with van der Waals surface area (Å²) in [5.41, 5.74) is 1.88. The standard InChI is InChI=1S/C22H33N5O/c1-4-23-22(27-15-11-20(17-27)26-13-5-6-14-26)24-12-10-18-8-7-9-19(16-18)21(28)25(2)3/h5-9,16,20H,4,10-15,17H2,1-3H3,(H,23,24). The van der Waals surface area contributed by atoms with Gasteiger partial charge in [0.1, 0.15) is 0 Å².